The van der Waals surface area contributed by atoms with Crippen molar-refractivity contribution in [3.8, 4) is 11.5 Å². The molecule has 0 saturated carbocycles. The molecule has 0 atom stereocenters. The van der Waals surface area contributed by atoms with Crippen molar-refractivity contribution in [2.75, 3.05) is 31.1 Å². The molecule has 4 rings (SSSR count). The lowest BCUT2D eigenvalue weighted by molar-refractivity contribution is 0.0747. The zero-order valence-electron chi connectivity index (χ0n) is 15.1. The Kier molecular flexibility index (Phi) is 5.06. The lowest BCUT2D eigenvalue weighted by atomic mass is 10.1. The number of rotatable bonds is 4. The van der Waals surface area contributed by atoms with Gasteiger partial charge in [0, 0.05) is 37.4 Å². The number of amides is 1. The Labute approximate surface area is 159 Å². The van der Waals surface area contributed by atoms with Crippen LogP contribution in [-0.2, 0) is 0 Å². The Bertz CT molecular complexity index is 871. The molecule has 4 heteroatoms. The molecule has 0 spiro atoms. The Morgan fingerprint density at radius 1 is 0.667 bits per heavy atom. The molecule has 1 fully saturated rings. The van der Waals surface area contributed by atoms with Crippen LogP contribution in [0.2, 0.25) is 0 Å². The van der Waals surface area contributed by atoms with Gasteiger partial charge in [0.05, 0.1) is 0 Å². The lowest BCUT2D eigenvalue weighted by Gasteiger charge is -2.36. The van der Waals surface area contributed by atoms with Crippen LogP contribution in [-0.4, -0.2) is 37.0 Å². The van der Waals surface area contributed by atoms with Crippen LogP contribution >= 0.6 is 0 Å². The molecular formula is C23H22N2O2. The second kappa shape index (κ2) is 7.96. The van der Waals surface area contributed by atoms with Gasteiger partial charge in [-0.25, -0.2) is 0 Å². The third-order valence-electron chi connectivity index (χ3n) is 4.77. The van der Waals surface area contributed by atoms with Crippen LogP contribution in [0.5, 0.6) is 11.5 Å². The Morgan fingerprint density at radius 2 is 1.22 bits per heavy atom. The first-order valence-corrected chi connectivity index (χ1v) is 9.22. The molecule has 0 unspecified atom stereocenters. The van der Waals surface area contributed by atoms with Crippen molar-refractivity contribution in [3.63, 3.8) is 0 Å². The van der Waals surface area contributed by atoms with E-state index in [9.17, 15) is 4.79 Å². The predicted octanol–water partition coefficient (Wildman–Crippen LogP) is 4.44. The molecule has 4 nitrogen and oxygen atoms in total. The molecule has 1 saturated heterocycles. The Hall–Kier alpha value is -3.27. The number of piperazine rings is 1. The molecule has 3 aromatic carbocycles. The molecule has 0 N–H and O–H groups in total. The van der Waals surface area contributed by atoms with Gasteiger partial charge in [-0.3, -0.25) is 4.79 Å². The molecule has 1 aliphatic heterocycles. The zero-order valence-corrected chi connectivity index (χ0v) is 15.1. The molecule has 0 aromatic heterocycles. The molecule has 1 aliphatic rings. The number of hydrogen-bond acceptors (Lipinski definition) is 3. The fourth-order valence-corrected chi connectivity index (χ4v) is 3.28. The number of carbonyl (C=O) groups excluding carboxylic acids is 1. The van der Waals surface area contributed by atoms with Crippen molar-refractivity contribution < 1.29 is 9.53 Å². The summed E-state index contributed by atoms with van der Waals surface area (Å²) in [6.45, 7) is 3.17. The molecular weight excluding hydrogens is 336 g/mol. The summed E-state index contributed by atoms with van der Waals surface area (Å²) >= 11 is 0. The van der Waals surface area contributed by atoms with E-state index in [2.05, 4.69) is 17.0 Å². The topological polar surface area (TPSA) is 32.8 Å². The van der Waals surface area contributed by atoms with Crippen molar-refractivity contribution in [1.29, 1.82) is 0 Å². The first kappa shape index (κ1) is 17.2. The lowest BCUT2D eigenvalue weighted by Crippen LogP contribution is -2.48. The highest BCUT2D eigenvalue weighted by Gasteiger charge is 2.22. The van der Waals surface area contributed by atoms with Crippen LogP contribution in [0.15, 0.2) is 84.9 Å². The highest BCUT2D eigenvalue weighted by molar-refractivity contribution is 5.94. The summed E-state index contributed by atoms with van der Waals surface area (Å²) in [5.41, 5.74) is 1.91. The van der Waals surface area contributed by atoms with Gasteiger partial charge in [-0.2, -0.15) is 0 Å². The molecule has 0 aliphatic carbocycles. The maximum absolute atomic E-state index is 12.8. The smallest absolute Gasteiger partial charge is 0.253 e. The number of para-hydroxylation sites is 2. The van der Waals surface area contributed by atoms with Gasteiger partial charge in [0.25, 0.3) is 5.91 Å². The van der Waals surface area contributed by atoms with Gasteiger partial charge in [0.1, 0.15) is 11.5 Å². The number of benzene rings is 3. The summed E-state index contributed by atoms with van der Waals surface area (Å²) < 4.78 is 5.79. The molecule has 0 radical (unpaired) electrons. The minimum absolute atomic E-state index is 0.0778. The third-order valence-corrected chi connectivity index (χ3v) is 4.77. The van der Waals surface area contributed by atoms with Crippen LogP contribution in [0.3, 0.4) is 0 Å². The van der Waals surface area contributed by atoms with Crippen molar-refractivity contribution in [2.24, 2.45) is 0 Å². The van der Waals surface area contributed by atoms with Crippen molar-refractivity contribution in [1.82, 2.24) is 4.90 Å². The first-order valence-electron chi connectivity index (χ1n) is 9.22. The van der Waals surface area contributed by atoms with E-state index in [1.54, 1.807) is 0 Å². The second-order valence-electron chi connectivity index (χ2n) is 6.55. The normalized spacial score (nSPS) is 14.1. The molecule has 1 heterocycles. The van der Waals surface area contributed by atoms with Gasteiger partial charge >= 0.3 is 0 Å². The summed E-state index contributed by atoms with van der Waals surface area (Å²) in [6.07, 6.45) is 0. The summed E-state index contributed by atoms with van der Waals surface area (Å²) in [6, 6.07) is 27.3. The fraction of sp³-hybridized carbons (Fsp3) is 0.174. The summed E-state index contributed by atoms with van der Waals surface area (Å²) in [5.74, 6) is 1.59. The van der Waals surface area contributed by atoms with E-state index in [0.29, 0.717) is 5.56 Å². The molecule has 0 bridgehead atoms. The molecule has 136 valence electrons. The number of carbonyl (C=O) groups is 1. The van der Waals surface area contributed by atoms with Gasteiger partial charge in [-0.15, -0.1) is 0 Å². The molecule has 1 amide bonds. The second-order valence-corrected chi connectivity index (χ2v) is 6.55. The summed E-state index contributed by atoms with van der Waals surface area (Å²) in [5, 5.41) is 0. The van der Waals surface area contributed by atoms with Crippen molar-refractivity contribution >= 4 is 11.6 Å². The maximum atomic E-state index is 12.8. The van der Waals surface area contributed by atoms with E-state index in [4.69, 9.17) is 4.74 Å². The SMILES string of the molecule is O=C(c1ccc(Oc2ccccc2)cc1)N1CCN(c2ccccc2)CC1. The standard InChI is InChI=1S/C23H22N2O2/c26-23(25-17-15-24(16-18-25)20-7-3-1-4-8-20)19-11-13-22(14-12-19)27-21-9-5-2-6-10-21/h1-14H,15-18H2. The van der Waals surface area contributed by atoms with Crippen molar-refractivity contribution in [2.45, 2.75) is 0 Å². The molecule has 3 aromatic rings. The average molecular weight is 358 g/mol. The van der Waals surface area contributed by atoms with E-state index in [0.717, 1.165) is 37.7 Å². The van der Waals surface area contributed by atoms with Crippen LogP contribution in [0.4, 0.5) is 5.69 Å². The number of hydrogen-bond donors (Lipinski definition) is 0. The van der Waals surface area contributed by atoms with E-state index < -0.39 is 0 Å². The number of nitrogens with zero attached hydrogens (tertiary/aromatic N) is 2. The van der Waals surface area contributed by atoms with Crippen LogP contribution in [0.25, 0.3) is 0 Å². The van der Waals surface area contributed by atoms with Crippen molar-refractivity contribution in [3.05, 3.63) is 90.5 Å². The van der Waals surface area contributed by atoms with Gasteiger partial charge in [0.2, 0.25) is 0 Å². The van der Waals surface area contributed by atoms with Gasteiger partial charge in [-0.05, 0) is 48.5 Å². The monoisotopic (exact) mass is 358 g/mol. The quantitative estimate of drug-likeness (QED) is 0.691. The van der Waals surface area contributed by atoms with Crippen LogP contribution < -0.4 is 9.64 Å². The minimum atomic E-state index is 0.0778. The number of anilines is 1. The maximum Gasteiger partial charge on any atom is 0.253 e. The zero-order chi connectivity index (χ0) is 18.5. The largest absolute Gasteiger partial charge is 0.457 e. The third kappa shape index (κ3) is 4.11. The minimum Gasteiger partial charge on any atom is -0.457 e. The van der Waals surface area contributed by atoms with E-state index in [-0.39, 0.29) is 5.91 Å². The highest BCUT2D eigenvalue weighted by atomic mass is 16.5. The summed E-state index contributed by atoms with van der Waals surface area (Å²) in [4.78, 5) is 17.0. The van der Waals surface area contributed by atoms with E-state index >= 15 is 0 Å². The fourth-order valence-electron chi connectivity index (χ4n) is 3.28. The Balaban J connectivity index is 1.36. The van der Waals surface area contributed by atoms with Gasteiger partial charge in [-0.1, -0.05) is 36.4 Å². The number of ether oxygens (including phenoxy) is 1. The average Bonchev–Trinajstić information content (AvgIpc) is 2.75. The molecule has 27 heavy (non-hydrogen) atoms. The van der Waals surface area contributed by atoms with E-state index in [1.807, 2.05) is 77.7 Å². The van der Waals surface area contributed by atoms with Crippen LogP contribution in [0.1, 0.15) is 10.4 Å². The first-order chi connectivity index (χ1) is 13.3. The van der Waals surface area contributed by atoms with Gasteiger partial charge in [0.15, 0.2) is 0 Å². The highest BCUT2D eigenvalue weighted by Crippen LogP contribution is 2.22. The van der Waals surface area contributed by atoms with E-state index in [1.165, 1.54) is 5.69 Å². The Morgan fingerprint density at radius 3 is 1.85 bits per heavy atom. The van der Waals surface area contributed by atoms with Gasteiger partial charge < -0.3 is 14.5 Å². The summed E-state index contributed by atoms with van der Waals surface area (Å²) in [7, 11) is 0. The van der Waals surface area contributed by atoms with Crippen LogP contribution in [0, 0.1) is 0 Å². The predicted molar refractivity (Wildman–Crippen MR) is 108 cm³/mol.